The molecule has 0 spiro atoms. The van der Waals surface area contributed by atoms with Gasteiger partial charge in [0.1, 0.15) is 6.10 Å². The number of hydrogen-bond acceptors (Lipinski definition) is 3. The summed E-state index contributed by atoms with van der Waals surface area (Å²) >= 11 is 0. The number of hydrogen-bond donors (Lipinski definition) is 0. The predicted octanol–water partition coefficient (Wildman–Crippen LogP) is 2.86. The van der Waals surface area contributed by atoms with Gasteiger partial charge in [-0.25, -0.2) is 0 Å². The summed E-state index contributed by atoms with van der Waals surface area (Å²) in [6.45, 7) is 7.52. The molecule has 0 bridgehead atoms. The topological polar surface area (TPSA) is 29.5 Å². The fraction of sp³-hybridized carbons (Fsp3) is 0.824. The first-order valence-electron chi connectivity index (χ1n) is 7.93. The maximum atomic E-state index is 12.2. The Hall–Kier alpha value is -0.830. The number of ether oxygens (including phenoxy) is 1. The molecule has 3 heteroatoms. The highest BCUT2D eigenvalue weighted by Crippen LogP contribution is 2.56. The van der Waals surface area contributed by atoms with Crippen molar-refractivity contribution in [2.45, 2.75) is 45.1 Å². The molecule has 20 heavy (non-hydrogen) atoms. The molecule has 1 heterocycles. The van der Waals surface area contributed by atoms with E-state index in [0.29, 0.717) is 17.3 Å². The number of carbonyl (C=O) groups excluding carboxylic acids is 1. The molecule has 3 fully saturated rings. The molecule has 0 amide bonds. The maximum absolute atomic E-state index is 12.2. The van der Waals surface area contributed by atoms with Crippen LogP contribution in [-0.4, -0.2) is 37.6 Å². The van der Waals surface area contributed by atoms with Crippen molar-refractivity contribution in [1.29, 1.82) is 0 Å². The number of nitrogens with zero attached hydrogens (tertiary/aromatic N) is 1. The Labute approximate surface area is 122 Å². The second-order valence-corrected chi connectivity index (χ2v) is 7.67. The van der Waals surface area contributed by atoms with Gasteiger partial charge in [-0.15, -0.1) is 0 Å². The van der Waals surface area contributed by atoms with Crippen LogP contribution in [0.3, 0.4) is 0 Å². The Morgan fingerprint density at radius 1 is 1.45 bits per heavy atom. The van der Waals surface area contributed by atoms with Gasteiger partial charge in [-0.3, -0.25) is 4.79 Å². The van der Waals surface area contributed by atoms with E-state index < -0.39 is 0 Å². The van der Waals surface area contributed by atoms with Gasteiger partial charge in [-0.1, -0.05) is 19.1 Å². The molecule has 3 aliphatic rings. The number of allylic oxidation sites excluding steroid dienone is 1. The van der Waals surface area contributed by atoms with E-state index in [1.807, 2.05) is 14.1 Å². The van der Waals surface area contributed by atoms with Crippen LogP contribution in [0.1, 0.15) is 39.0 Å². The largest absolute Gasteiger partial charge is 0.462 e. The monoisotopic (exact) mass is 277 g/mol. The summed E-state index contributed by atoms with van der Waals surface area (Å²) in [6, 6.07) is 0. The van der Waals surface area contributed by atoms with Crippen LogP contribution < -0.4 is 0 Å². The first-order valence-corrected chi connectivity index (χ1v) is 7.93. The lowest BCUT2D eigenvalue weighted by atomic mass is 9.55. The van der Waals surface area contributed by atoms with Crippen molar-refractivity contribution in [3.8, 4) is 0 Å². The van der Waals surface area contributed by atoms with E-state index in [9.17, 15) is 4.79 Å². The molecule has 0 radical (unpaired) electrons. The number of fused-ring (bicyclic) bond motifs is 2. The third kappa shape index (κ3) is 2.20. The Bertz CT molecular complexity index is 431. The van der Waals surface area contributed by atoms with Gasteiger partial charge in [-0.05, 0) is 57.5 Å². The fourth-order valence-corrected chi connectivity index (χ4v) is 4.86. The average molecular weight is 277 g/mol. The molecule has 2 saturated carbocycles. The first-order chi connectivity index (χ1) is 9.40. The lowest BCUT2D eigenvalue weighted by Crippen LogP contribution is -2.45. The van der Waals surface area contributed by atoms with Crippen LogP contribution in [-0.2, 0) is 9.53 Å². The molecule has 3 rings (SSSR count). The second kappa shape index (κ2) is 4.87. The Kier molecular flexibility index (Phi) is 3.44. The molecule has 1 aliphatic heterocycles. The van der Waals surface area contributed by atoms with E-state index in [0.717, 1.165) is 19.4 Å². The van der Waals surface area contributed by atoms with Crippen LogP contribution in [0.5, 0.6) is 0 Å². The number of carbonyl (C=O) groups is 1. The van der Waals surface area contributed by atoms with E-state index in [4.69, 9.17) is 4.74 Å². The van der Waals surface area contributed by atoms with Crippen LogP contribution in [0.4, 0.5) is 0 Å². The minimum atomic E-state index is 0.0292. The Morgan fingerprint density at radius 3 is 2.90 bits per heavy atom. The van der Waals surface area contributed by atoms with Crippen molar-refractivity contribution in [2.75, 3.05) is 20.6 Å². The van der Waals surface area contributed by atoms with E-state index >= 15 is 0 Å². The molecule has 0 aromatic heterocycles. The van der Waals surface area contributed by atoms with Gasteiger partial charge in [0.25, 0.3) is 0 Å². The third-order valence-corrected chi connectivity index (χ3v) is 5.88. The molecular formula is C17H27NO2. The molecular weight excluding hydrogens is 250 g/mol. The van der Waals surface area contributed by atoms with Crippen LogP contribution in [0.2, 0.25) is 0 Å². The Morgan fingerprint density at radius 2 is 2.20 bits per heavy atom. The summed E-state index contributed by atoms with van der Waals surface area (Å²) in [6.07, 6.45) is 5.97. The zero-order valence-electron chi connectivity index (χ0n) is 13.0. The van der Waals surface area contributed by atoms with Crippen LogP contribution in [0.15, 0.2) is 12.2 Å². The van der Waals surface area contributed by atoms with Gasteiger partial charge in [0.2, 0.25) is 0 Å². The predicted molar refractivity (Wildman–Crippen MR) is 79.2 cm³/mol. The van der Waals surface area contributed by atoms with Crippen LogP contribution in [0, 0.1) is 23.2 Å². The standard InChI is InChI=1S/C17H27NO2/c1-11-6-5-7-17(2)9-15-12(8-14(11)17)13(10-18(3)4)16(19)20-15/h12-15H,1,5-10H2,2-4H3/t12-,13+,14+,15+,17-/m0/s1. The smallest absolute Gasteiger partial charge is 0.310 e. The highest BCUT2D eigenvalue weighted by Gasteiger charge is 2.54. The van der Waals surface area contributed by atoms with Crippen molar-refractivity contribution in [2.24, 2.45) is 23.2 Å². The molecule has 0 unspecified atom stereocenters. The lowest BCUT2D eigenvalue weighted by molar-refractivity contribution is -0.146. The molecule has 1 saturated heterocycles. The number of rotatable bonds is 2. The maximum Gasteiger partial charge on any atom is 0.310 e. The normalized spacial score (nSPS) is 44.2. The van der Waals surface area contributed by atoms with Gasteiger partial charge in [0.05, 0.1) is 5.92 Å². The summed E-state index contributed by atoms with van der Waals surface area (Å²) in [5.74, 6) is 1.09. The fourth-order valence-electron chi connectivity index (χ4n) is 4.86. The molecule has 0 aromatic carbocycles. The van der Waals surface area contributed by atoms with Crippen molar-refractivity contribution < 1.29 is 9.53 Å². The van der Waals surface area contributed by atoms with Crippen molar-refractivity contribution in [1.82, 2.24) is 4.90 Å². The average Bonchev–Trinajstić information content (AvgIpc) is 2.62. The van der Waals surface area contributed by atoms with Gasteiger partial charge in [-0.2, -0.15) is 0 Å². The first kappa shape index (κ1) is 14.1. The summed E-state index contributed by atoms with van der Waals surface area (Å²) in [4.78, 5) is 14.3. The van der Waals surface area contributed by atoms with Crippen LogP contribution >= 0.6 is 0 Å². The summed E-state index contributed by atoms with van der Waals surface area (Å²) in [7, 11) is 4.07. The van der Waals surface area contributed by atoms with Gasteiger partial charge < -0.3 is 9.64 Å². The van der Waals surface area contributed by atoms with Crippen LogP contribution in [0.25, 0.3) is 0 Å². The minimum absolute atomic E-state index is 0.0292. The summed E-state index contributed by atoms with van der Waals surface area (Å²) in [5.41, 5.74) is 1.73. The van der Waals surface area contributed by atoms with Crippen molar-refractivity contribution >= 4 is 5.97 Å². The zero-order chi connectivity index (χ0) is 14.5. The molecule has 0 aromatic rings. The van der Waals surface area contributed by atoms with E-state index in [1.165, 1.54) is 24.8 Å². The second-order valence-electron chi connectivity index (χ2n) is 7.67. The molecule has 3 nitrogen and oxygen atoms in total. The highest BCUT2D eigenvalue weighted by molar-refractivity contribution is 5.75. The van der Waals surface area contributed by atoms with Crippen molar-refractivity contribution in [3.05, 3.63) is 12.2 Å². The van der Waals surface area contributed by atoms with E-state index in [-0.39, 0.29) is 18.0 Å². The SMILES string of the molecule is C=C1CCC[C@@]2(C)C[C@H]3OC(=O)[C@H](CN(C)C)[C@@H]3C[C@H]12. The van der Waals surface area contributed by atoms with E-state index in [2.05, 4.69) is 18.4 Å². The molecule has 2 aliphatic carbocycles. The van der Waals surface area contributed by atoms with Crippen molar-refractivity contribution in [3.63, 3.8) is 0 Å². The Balaban J connectivity index is 1.82. The molecule has 5 atom stereocenters. The van der Waals surface area contributed by atoms with Gasteiger partial charge in [0, 0.05) is 12.5 Å². The minimum Gasteiger partial charge on any atom is -0.462 e. The zero-order valence-corrected chi connectivity index (χ0v) is 13.0. The third-order valence-electron chi connectivity index (χ3n) is 5.88. The van der Waals surface area contributed by atoms with Gasteiger partial charge in [0.15, 0.2) is 0 Å². The lowest BCUT2D eigenvalue weighted by Gasteiger charge is -2.50. The van der Waals surface area contributed by atoms with E-state index in [1.54, 1.807) is 0 Å². The van der Waals surface area contributed by atoms with Gasteiger partial charge >= 0.3 is 5.97 Å². The molecule has 112 valence electrons. The summed E-state index contributed by atoms with van der Waals surface area (Å²) < 4.78 is 5.73. The quantitative estimate of drug-likeness (QED) is 0.574. The molecule has 0 N–H and O–H groups in total. The summed E-state index contributed by atoms with van der Waals surface area (Å²) in [5, 5.41) is 0. The number of esters is 1. The highest BCUT2D eigenvalue weighted by atomic mass is 16.6.